The van der Waals surface area contributed by atoms with Gasteiger partial charge in [0.1, 0.15) is 6.04 Å². The number of non-ortho nitro benzene ring substituents is 1. The molecular weight excluding hydrogens is 466 g/mol. The molecule has 1 atom stereocenters. The molecule has 1 aliphatic rings. The van der Waals surface area contributed by atoms with E-state index < -0.39 is 16.9 Å². The number of ether oxygens (including phenoxy) is 1. The SMILES string of the molecule is CCOC(=O)C1=C(C)N=c2s/c(=C/c3ccc([N+](=O)[O-])cc3)c(=O)n2[C@@H]1c1ccccc1Cl. The van der Waals surface area contributed by atoms with Gasteiger partial charge in [-0.15, -0.1) is 0 Å². The first-order chi connectivity index (χ1) is 15.8. The van der Waals surface area contributed by atoms with Gasteiger partial charge in [0, 0.05) is 17.2 Å². The molecule has 0 spiro atoms. The van der Waals surface area contributed by atoms with Crippen LogP contribution in [0.1, 0.15) is 31.0 Å². The highest BCUT2D eigenvalue weighted by atomic mass is 35.5. The van der Waals surface area contributed by atoms with Crippen molar-refractivity contribution in [1.82, 2.24) is 4.57 Å². The molecule has 2 heterocycles. The Morgan fingerprint density at radius 1 is 1.27 bits per heavy atom. The van der Waals surface area contributed by atoms with Crippen molar-refractivity contribution in [3.63, 3.8) is 0 Å². The Morgan fingerprint density at radius 2 is 1.97 bits per heavy atom. The number of benzene rings is 2. The van der Waals surface area contributed by atoms with E-state index in [9.17, 15) is 19.7 Å². The minimum Gasteiger partial charge on any atom is -0.463 e. The standard InChI is InChI=1S/C23H18ClN3O5S/c1-3-32-22(29)19-13(2)25-23-26(20(19)16-6-4-5-7-17(16)24)21(28)18(33-23)12-14-8-10-15(11-9-14)27(30)31/h4-12,20H,3H2,1-2H3/b18-12+/t20-/m1/s1. The molecule has 2 aromatic carbocycles. The summed E-state index contributed by atoms with van der Waals surface area (Å²) in [7, 11) is 0. The van der Waals surface area contributed by atoms with Crippen molar-refractivity contribution in [2.75, 3.05) is 6.61 Å². The minimum absolute atomic E-state index is 0.0398. The predicted octanol–water partition coefficient (Wildman–Crippen LogP) is 3.36. The Bertz CT molecular complexity index is 1470. The Kier molecular flexibility index (Phi) is 6.26. The van der Waals surface area contributed by atoms with E-state index in [1.165, 1.54) is 28.0 Å². The van der Waals surface area contributed by atoms with Gasteiger partial charge in [-0.1, -0.05) is 41.1 Å². The topological polar surface area (TPSA) is 104 Å². The van der Waals surface area contributed by atoms with Crippen molar-refractivity contribution in [2.45, 2.75) is 19.9 Å². The first-order valence-corrected chi connectivity index (χ1v) is 11.2. The van der Waals surface area contributed by atoms with E-state index in [1.54, 1.807) is 56.3 Å². The molecule has 0 aliphatic carbocycles. The van der Waals surface area contributed by atoms with E-state index in [4.69, 9.17) is 16.3 Å². The van der Waals surface area contributed by atoms with Crippen LogP contribution in [0.25, 0.3) is 6.08 Å². The van der Waals surface area contributed by atoms with Gasteiger partial charge < -0.3 is 4.74 Å². The molecule has 1 aromatic heterocycles. The Labute approximate surface area is 196 Å². The third-order valence-corrected chi connectivity index (χ3v) is 6.45. The maximum atomic E-state index is 13.5. The fourth-order valence-electron chi connectivity index (χ4n) is 3.63. The minimum atomic E-state index is -0.798. The molecule has 0 N–H and O–H groups in total. The lowest BCUT2D eigenvalue weighted by Gasteiger charge is -2.25. The van der Waals surface area contributed by atoms with Crippen LogP contribution in [-0.2, 0) is 9.53 Å². The molecule has 8 nitrogen and oxygen atoms in total. The van der Waals surface area contributed by atoms with Crippen LogP contribution in [0.3, 0.4) is 0 Å². The summed E-state index contributed by atoms with van der Waals surface area (Å²) in [5, 5.41) is 11.3. The van der Waals surface area contributed by atoms with Gasteiger partial charge in [-0.2, -0.15) is 0 Å². The van der Waals surface area contributed by atoms with Gasteiger partial charge in [0.05, 0.1) is 27.3 Å². The summed E-state index contributed by atoms with van der Waals surface area (Å²) in [6.45, 7) is 3.58. The highest BCUT2D eigenvalue weighted by molar-refractivity contribution is 7.07. The zero-order valence-corrected chi connectivity index (χ0v) is 19.2. The van der Waals surface area contributed by atoms with Gasteiger partial charge in [0.25, 0.3) is 11.2 Å². The van der Waals surface area contributed by atoms with Gasteiger partial charge in [-0.25, -0.2) is 9.79 Å². The van der Waals surface area contributed by atoms with Crippen molar-refractivity contribution in [2.24, 2.45) is 4.99 Å². The molecule has 0 saturated carbocycles. The number of nitro groups is 1. The van der Waals surface area contributed by atoms with Gasteiger partial charge in [0.2, 0.25) is 0 Å². The van der Waals surface area contributed by atoms with Crippen LogP contribution < -0.4 is 14.9 Å². The van der Waals surface area contributed by atoms with E-state index in [-0.39, 0.29) is 23.4 Å². The summed E-state index contributed by atoms with van der Waals surface area (Å²) >= 11 is 7.64. The Morgan fingerprint density at radius 3 is 2.61 bits per heavy atom. The second-order valence-electron chi connectivity index (χ2n) is 7.17. The average molecular weight is 484 g/mol. The number of esters is 1. The summed E-state index contributed by atoms with van der Waals surface area (Å²) in [4.78, 5) is 41.7. The Hall–Kier alpha value is -3.56. The van der Waals surface area contributed by atoms with Crippen molar-refractivity contribution < 1.29 is 14.5 Å². The summed E-state index contributed by atoms with van der Waals surface area (Å²) in [5.41, 5.74) is 1.51. The summed E-state index contributed by atoms with van der Waals surface area (Å²) in [6.07, 6.45) is 1.64. The van der Waals surface area contributed by atoms with E-state index in [1.807, 2.05) is 0 Å². The Balaban J connectivity index is 1.93. The summed E-state index contributed by atoms with van der Waals surface area (Å²) in [6, 6.07) is 12.1. The van der Waals surface area contributed by atoms with Crippen molar-refractivity contribution in [1.29, 1.82) is 0 Å². The van der Waals surface area contributed by atoms with Gasteiger partial charge in [0.15, 0.2) is 4.80 Å². The molecule has 168 valence electrons. The molecule has 10 heteroatoms. The van der Waals surface area contributed by atoms with Crippen LogP contribution in [0, 0.1) is 10.1 Å². The number of fused-ring (bicyclic) bond motifs is 1. The number of halogens is 1. The number of carbonyl (C=O) groups excluding carboxylic acids is 1. The molecular formula is C23H18ClN3O5S. The van der Waals surface area contributed by atoms with Crippen molar-refractivity contribution >= 4 is 40.7 Å². The number of thiazole rings is 1. The van der Waals surface area contributed by atoms with Crippen LogP contribution in [0.15, 0.2) is 69.6 Å². The number of nitro benzene ring substituents is 1. The lowest BCUT2D eigenvalue weighted by Crippen LogP contribution is -2.40. The zero-order valence-electron chi connectivity index (χ0n) is 17.6. The molecule has 0 fully saturated rings. The number of nitrogens with zero attached hydrogens (tertiary/aromatic N) is 3. The maximum Gasteiger partial charge on any atom is 0.338 e. The van der Waals surface area contributed by atoms with Crippen LogP contribution >= 0.6 is 22.9 Å². The molecule has 4 rings (SSSR count). The fraction of sp³-hybridized carbons (Fsp3) is 0.174. The number of carbonyl (C=O) groups is 1. The van der Waals surface area contributed by atoms with Gasteiger partial charge in [-0.05, 0) is 49.2 Å². The predicted molar refractivity (Wildman–Crippen MR) is 125 cm³/mol. The number of hydrogen-bond acceptors (Lipinski definition) is 7. The normalized spacial score (nSPS) is 15.7. The van der Waals surface area contributed by atoms with E-state index in [2.05, 4.69) is 4.99 Å². The van der Waals surface area contributed by atoms with Crippen molar-refractivity contribution in [3.8, 4) is 0 Å². The summed E-state index contributed by atoms with van der Waals surface area (Å²) in [5.74, 6) is -0.562. The second kappa shape index (κ2) is 9.13. The molecule has 3 aromatic rings. The highest BCUT2D eigenvalue weighted by Gasteiger charge is 2.34. The molecule has 33 heavy (non-hydrogen) atoms. The van der Waals surface area contributed by atoms with Crippen molar-refractivity contribution in [3.05, 3.63) is 106 Å². The van der Waals surface area contributed by atoms with E-state index >= 15 is 0 Å². The first-order valence-electron chi connectivity index (χ1n) is 10.0. The fourth-order valence-corrected chi connectivity index (χ4v) is 4.91. The highest BCUT2D eigenvalue weighted by Crippen LogP contribution is 2.34. The third-order valence-electron chi connectivity index (χ3n) is 5.12. The quantitative estimate of drug-likeness (QED) is 0.314. The lowest BCUT2D eigenvalue weighted by molar-refractivity contribution is -0.384. The number of hydrogen-bond donors (Lipinski definition) is 0. The molecule has 1 aliphatic heterocycles. The number of rotatable bonds is 5. The molecule has 0 radical (unpaired) electrons. The largest absolute Gasteiger partial charge is 0.463 e. The molecule has 0 amide bonds. The smallest absolute Gasteiger partial charge is 0.338 e. The first kappa shape index (κ1) is 22.6. The monoisotopic (exact) mass is 483 g/mol. The maximum absolute atomic E-state index is 13.5. The lowest BCUT2D eigenvalue weighted by atomic mass is 9.96. The zero-order chi connectivity index (χ0) is 23.7. The second-order valence-corrected chi connectivity index (χ2v) is 8.59. The van der Waals surface area contributed by atoms with E-state index in [0.717, 1.165) is 0 Å². The number of aromatic nitrogens is 1. The van der Waals surface area contributed by atoms with Crippen LogP contribution in [-0.4, -0.2) is 22.1 Å². The summed E-state index contributed by atoms with van der Waals surface area (Å²) < 4.78 is 7.08. The average Bonchev–Trinajstić information content (AvgIpc) is 3.08. The van der Waals surface area contributed by atoms with Gasteiger partial charge >= 0.3 is 5.97 Å². The van der Waals surface area contributed by atoms with Crippen LogP contribution in [0.2, 0.25) is 5.02 Å². The third kappa shape index (κ3) is 4.24. The number of allylic oxidation sites excluding steroid dienone is 1. The van der Waals surface area contributed by atoms with Crippen LogP contribution in [0.5, 0.6) is 0 Å². The molecule has 0 saturated heterocycles. The molecule has 0 bridgehead atoms. The molecule has 0 unspecified atom stereocenters. The van der Waals surface area contributed by atoms with Gasteiger partial charge in [-0.3, -0.25) is 19.5 Å². The van der Waals surface area contributed by atoms with E-state index in [0.29, 0.717) is 31.2 Å². The van der Waals surface area contributed by atoms with Crippen LogP contribution in [0.4, 0.5) is 5.69 Å².